The quantitative estimate of drug-likeness (QED) is 0.703. The molecule has 1 rings (SSSR count). The van der Waals surface area contributed by atoms with Crippen LogP contribution < -0.4 is 5.43 Å². The minimum absolute atomic E-state index is 1.05. The van der Waals surface area contributed by atoms with Crippen molar-refractivity contribution >= 4 is 15.9 Å². The van der Waals surface area contributed by atoms with Gasteiger partial charge in [-0.2, -0.15) is 0 Å². The van der Waals surface area contributed by atoms with Gasteiger partial charge in [-0.05, 0) is 12.8 Å². The van der Waals surface area contributed by atoms with Crippen molar-refractivity contribution in [3.63, 3.8) is 0 Å². The first-order valence-electron chi connectivity index (χ1n) is 3.98. The second-order valence-corrected chi connectivity index (χ2v) is 3.44. The van der Waals surface area contributed by atoms with E-state index in [9.17, 15) is 0 Å². The molecule has 0 amide bonds. The fourth-order valence-electron chi connectivity index (χ4n) is 1.25. The fourth-order valence-corrected chi connectivity index (χ4v) is 1.43. The zero-order valence-electron chi connectivity index (χ0n) is 6.27. The third-order valence-corrected chi connectivity index (χ3v) is 2.18. The summed E-state index contributed by atoms with van der Waals surface area (Å²) >= 11 is 3.39. The van der Waals surface area contributed by atoms with Gasteiger partial charge in [0, 0.05) is 25.0 Å². The Labute approximate surface area is 71.1 Å². The van der Waals surface area contributed by atoms with Crippen LogP contribution in [0.4, 0.5) is 0 Å². The van der Waals surface area contributed by atoms with E-state index in [4.69, 9.17) is 0 Å². The maximum absolute atomic E-state index is 3.39. The summed E-state index contributed by atoms with van der Waals surface area (Å²) in [6.07, 6.45) is 4.12. The van der Waals surface area contributed by atoms with Crippen LogP contribution >= 0.6 is 15.9 Å². The summed E-state index contributed by atoms with van der Waals surface area (Å²) in [5.74, 6) is 0. The van der Waals surface area contributed by atoms with Gasteiger partial charge in [-0.1, -0.05) is 22.4 Å². The van der Waals surface area contributed by atoms with Crippen LogP contribution in [0.2, 0.25) is 0 Å². The SMILES string of the molecule is BrCCNN1CCCCC1. The summed E-state index contributed by atoms with van der Waals surface area (Å²) in [5.41, 5.74) is 3.36. The first kappa shape index (κ1) is 8.50. The normalized spacial score (nSPS) is 21.3. The lowest BCUT2D eigenvalue weighted by molar-refractivity contribution is 0.159. The Morgan fingerprint density at radius 3 is 2.50 bits per heavy atom. The van der Waals surface area contributed by atoms with Gasteiger partial charge in [-0.25, -0.2) is 5.01 Å². The smallest absolute Gasteiger partial charge is 0.0199 e. The number of halogens is 1. The predicted molar refractivity (Wildman–Crippen MR) is 47.2 cm³/mol. The molecule has 1 saturated heterocycles. The zero-order chi connectivity index (χ0) is 7.23. The van der Waals surface area contributed by atoms with Crippen LogP contribution in [0.15, 0.2) is 0 Å². The van der Waals surface area contributed by atoms with E-state index in [2.05, 4.69) is 26.4 Å². The molecule has 0 aliphatic carbocycles. The fraction of sp³-hybridized carbons (Fsp3) is 1.00. The van der Waals surface area contributed by atoms with Crippen molar-refractivity contribution in [2.75, 3.05) is 25.0 Å². The Morgan fingerprint density at radius 1 is 1.20 bits per heavy atom. The Kier molecular flexibility index (Phi) is 4.34. The molecule has 1 fully saturated rings. The van der Waals surface area contributed by atoms with Crippen molar-refractivity contribution in [1.29, 1.82) is 0 Å². The van der Waals surface area contributed by atoms with Crippen LogP contribution in [0.5, 0.6) is 0 Å². The van der Waals surface area contributed by atoms with Gasteiger partial charge in [0.1, 0.15) is 0 Å². The van der Waals surface area contributed by atoms with Crippen LogP contribution in [0, 0.1) is 0 Å². The van der Waals surface area contributed by atoms with E-state index in [1.165, 1.54) is 32.4 Å². The Bertz CT molecular complexity index is 81.7. The number of hydrazine groups is 1. The molecule has 10 heavy (non-hydrogen) atoms. The van der Waals surface area contributed by atoms with Gasteiger partial charge < -0.3 is 0 Å². The molecule has 3 heteroatoms. The van der Waals surface area contributed by atoms with Gasteiger partial charge in [0.25, 0.3) is 0 Å². The van der Waals surface area contributed by atoms with Crippen molar-refractivity contribution < 1.29 is 0 Å². The van der Waals surface area contributed by atoms with E-state index in [1.807, 2.05) is 0 Å². The Hall–Kier alpha value is 0.400. The Morgan fingerprint density at radius 2 is 1.90 bits per heavy atom. The third kappa shape index (κ3) is 2.99. The molecule has 0 aromatic heterocycles. The molecule has 0 spiro atoms. The molecule has 0 aromatic rings. The lowest BCUT2D eigenvalue weighted by Gasteiger charge is -2.26. The van der Waals surface area contributed by atoms with Crippen molar-refractivity contribution in [3.8, 4) is 0 Å². The predicted octanol–water partition coefficient (Wildman–Crippen LogP) is 1.37. The lowest BCUT2D eigenvalue weighted by atomic mass is 10.2. The number of alkyl halides is 1. The average Bonchev–Trinajstić information content (AvgIpc) is 2.03. The molecular weight excluding hydrogens is 192 g/mol. The van der Waals surface area contributed by atoms with E-state index < -0.39 is 0 Å². The maximum Gasteiger partial charge on any atom is 0.0199 e. The van der Waals surface area contributed by atoms with Crippen molar-refractivity contribution in [2.45, 2.75) is 19.3 Å². The first-order chi connectivity index (χ1) is 4.93. The first-order valence-corrected chi connectivity index (χ1v) is 5.10. The van der Waals surface area contributed by atoms with Gasteiger partial charge in [0.05, 0.1) is 0 Å². The molecule has 1 aliphatic rings. The second-order valence-electron chi connectivity index (χ2n) is 2.64. The maximum atomic E-state index is 3.39. The summed E-state index contributed by atoms with van der Waals surface area (Å²) in [7, 11) is 0. The molecule has 60 valence electrons. The molecule has 0 atom stereocenters. The molecule has 0 radical (unpaired) electrons. The summed E-state index contributed by atoms with van der Waals surface area (Å²) in [4.78, 5) is 0. The summed E-state index contributed by atoms with van der Waals surface area (Å²) in [6, 6.07) is 0. The highest BCUT2D eigenvalue weighted by Crippen LogP contribution is 2.05. The van der Waals surface area contributed by atoms with Crippen LogP contribution in [0.3, 0.4) is 0 Å². The van der Waals surface area contributed by atoms with Gasteiger partial charge in [-0.15, -0.1) is 0 Å². The Balaban J connectivity index is 2.02. The van der Waals surface area contributed by atoms with Gasteiger partial charge in [-0.3, -0.25) is 5.43 Å². The largest absolute Gasteiger partial charge is 0.254 e. The minimum atomic E-state index is 1.05. The number of hydrogen-bond acceptors (Lipinski definition) is 2. The number of nitrogens with one attached hydrogen (secondary N) is 1. The number of hydrogen-bond donors (Lipinski definition) is 1. The molecule has 0 unspecified atom stereocenters. The minimum Gasteiger partial charge on any atom is -0.254 e. The topological polar surface area (TPSA) is 15.3 Å². The highest BCUT2D eigenvalue weighted by molar-refractivity contribution is 9.09. The van der Waals surface area contributed by atoms with Gasteiger partial charge in [0.2, 0.25) is 0 Å². The molecule has 1 heterocycles. The van der Waals surface area contributed by atoms with Crippen LogP contribution in [-0.2, 0) is 0 Å². The van der Waals surface area contributed by atoms with Crippen molar-refractivity contribution in [2.24, 2.45) is 0 Å². The highest BCUT2D eigenvalue weighted by Gasteiger charge is 2.07. The summed E-state index contributed by atoms with van der Waals surface area (Å²) in [5, 5.41) is 3.37. The third-order valence-electron chi connectivity index (χ3n) is 1.79. The van der Waals surface area contributed by atoms with E-state index in [0.717, 1.165) is 11.9 Å². The van der Waals surface area contributed by atoms with Crippen LogP contribution in [0.1, 0.15) is 19.3 Å². The van der Waals surface area contributed by atoms with Crippen molar-refractivity contribution in [1.82, 2.24) is 10.4 Å². The van der Waals surface area contributed by atoms with E-state index >= 15 is 0 Å². The number of nitrogens with zero attached hydrogens (tertiary/aromatic N) is 1. The van der Waals surface area contributed by atoms with E-state index in [-0.39, 0.29) is 0 Å². The monoisotopic (exact) mass is 206 g/mol. The number of piperidine rings is 1. The van der Waals surface area contributed by atoms with Crippen LogP contribution in [0.25, 0.3) is 0 Å². The number of rotatable bonds is 3. The molecule has 0 aromatic carbocycles. The summed E-state index contributed by atoms with van der Waals surface area (Å²) < 4.78 is 0. The van der Waals surface area contributed by atoms with E-state index in [0.29, 0.717) is 0 Å². The lowest BCUT2D eigenvalue weighted by Crippen LogP contribution is -2.42. The molecule has 1 N–H and O–H groups in total. The highest BCUT2D eigenvalue weighted by atomic mass is 79.9. The molecule has 2 nitrogen and oxygen atoms in total. The van der Waals surface area contributed by atoms with Crippen LogP contribution in [-0.4, -0.2) is 30.0 Å². The molecule has 0 bridgehead atoms. The van der Waals surface area contributed by atoms with E-state index in [1.54, 1.807) is 0 Å². The zero-order valence-corrected chi connectivity index (χ0v) is 7.86. The van der Waals surface area contributed by atoms with Crippen molar-refractivity contribution in [3.05, 3.63) is 0 Å². The second kappa shape index (κ2) is 5.10. The summed E-state index contributed by atoms with van der Waals surface area (Å²) in [6.45, 7) is 3.51. The molecular formula is C7H15BrN2. The standard InChI is InChI=1S/C7H15BrN2/c8-4-5-9-10-6-2-1-3-7-10/h9H,1-7H2. The molecule has 0 saturated carbocycles. The van der Waals surface area contributed by atoms with Gasteiger partial charge in [0.15, 0.2) is 0 Å². The average molecular weight is 207 g/mol. The van der Waals surface area contributed by atoms with Gasteiger partial charge >= 0.3 is 0 Å². The molecule has 1 aliphatic heterocycles.